The molecule has 0 aliphatic rings. The molecule has 0 saturated heterocycles. The second-order valence-electron chi connectivity index (χ2n) is 7.79. The van der Waals surface area contributed by atoms with Gasteiger partial charge in [0.15, 0.2) is 5.76 Å². The molecular formula is C24H24N4O4S. The summed E-state index contributed by atoms with van der Waals surface area (Å²) in [7, 11) is -0.724. The largest absolute Gasteiger partial charge is 0.463 e. The Labute approximate surface area is 192 Å². The SMILES string of the molecule is Cc1cc(S(=O)(=O)N(C)C)cc(NC(=O)c2cc(-c3ccco3)nn2-c2ccccc2)c1C. The highest BCUT2D eigenvalue weighted by Gasteiger charge is 2.23. The van der Waals surface area contributed by atoms with Crippen LogP contribution in [0, 0.1) is 13.8 Å². The molecule has 0 saturated carbocycles. The predicted molar refractivity (Wildman–Crippen MR) is 126 cm³/mol. The van der Waals surface area contributed by atoms with Crippen LogP contribution in [0.25, 0.3) is 17.1 Å². The number of aryl methyl sites for hydroxylation is 1. The van der Waals surface area contributed by atoms with Crippen LogP contribution in [0.4, 0.5) is 5.69 Å². The predicted octanol–water partition coefficient (Wildman–Crippen LogP) is 4.25. The Morgan fingerprint density at radius 1 is 1.03 bits per heavy atom. The first-order valence-electron chi connectivity index (χ1n) is 10.2. The van der Waals surface area contributed by atoms with Crippen LogP contribution in [-0.4, -0.2) is 42.5 Å². The molecule has 0 radical (unpaired) electrons. The number of sulfonamides is 1. The fraction of sp³-hybridized carbons (Fsp3) is 0.167. The first kappa shape index (κ1) is 22.5. The lowest BCUT2D eigenvalue weighted by Gasteiger charge is -2.16. The zero-order valence-corrected chi connectivity index (χ0v) is 19.6. The monoisotopic (exact) mass is 464 g/mol. The molecule has 9 heteroatoms. The Bertz CT molecular complexity index is 1410. The van der Waals surface area contributed by atoms with Crippen molar-refractivity contribution in [2.75, 3.05) is 19.4 Å². The molecule has 0 aliphatic heterocycles. The Morgan fingerprint density at radius 2 is 1.76 bits per heavy atom. The van der Waals surface area contributed by atoms with E-state index in [4.69, 9.17) is 4.42 Å². The third kappa shape index (κ3) is 4.33. The highest BCUT2D eigenvalue weighted by molar-refractivity contribution is 7.89. The van der Waals surface area contributed by atoms with Crippen LogP contribution in [-0.2, 0) is 10.0 Å². The fourth-order valence-electron chi connectivity index (χ4n) is 3.36. The van der Waals surface area contributed by atoms with E-state index in [9.17, 15) is 13.2 Å². The van der Waals surface area contributed by atoms with Crippen LogP contribution in [0.5, 0.6) is 0 Å². The molecule has 8 nitrogen and oxygen atoms in total. The maximum Gasteiger partial charge on any atom is 0.274 e. The van der Waals surface area contributed by atoms with Gasteiger partial charge in [0.2, 0.25) is 10.0 Å². The number of anilines is 1. The number of carbonyl (C=O) groups is 1. The smallest absolute Gasteiger partial charge is 0.274 e. The van der Waals surface area contributed by atoms with Crippen molar-refractivity contribution in [2.45, 2.75) is 18.7 Å². The van der Waals surface area contributed by atoms with Gasteiger partial charge in [-0.3, -0.25) is 4.79 Å². The molecule has 0 bridgehead atoms. The Kier molecular flexibility index (Phi) is 5.92. The maximum absolute atomic E-state index is 13.4. The number of hydrogen-bond donors (Lipinski definition) is 1. The lowest BCUT2D eigenvalue weighted by molar-refractivity contribution is 0.101. The first-order valence-corrected chi connectivity index (χ1v) is 11.7. The second-order valence-corrected chi connectivity index (χ2v) is 9.95. The summed E-state index contributed by atoms with van der Waals surface area (Å²) in [5, 5.41) is 7.44. The van der Waals surface area contributed by atoms with Gasteiger partial charge in [-0.05, 0) is 61.4 Å². The Hall–Kier alpha value is -3.69. The van der Waals surface area contributed by atoms with Gasteiger partial charge >= 0.3 is 0 Å². The number of rotatable bonds is 6. The molecule has 4 rings (SSSR count). The van der Waals surface area contributed by atoms with Crippen LogP contribution < -0.4 is 5.32 Å². The van der Waals surface area contributed by atoms with E-state index >= 15 is 0 Å². The molecule has 0 spiro atoms. The van der Waals surface area contributed by atoms with E-state index in [1.807, 2.05) is 44.2 Å². The molecule has 33 heavy (non-hydrogen) atoms. The second kappa shape index (κ2) is 8.68. The summed E-state index contributed by atoms with van der Waals surface area (Å²) in [6.45, 7) is 3.64. The number of amides is 1. The van der Waals surface area contributed by atoms with Crippen LogP contribution in [0.1, 0.15) is 21.6 Å². The summed E-state index contributed by atoms with van der Waals surface area (Å²) in [5.74, 6) is 0.107. The lowest BCUT2D eigenvalue weighted by atomic mass is 10.1. The fourth-order valence-corrected chi connectivity index (χ4v) is 4.37. The maximum atomic E-state index is 13.4. The van der Waals surface area contributed by atoms with Crippen molar-refractivity contribution in [3.63, 3.8) is 0 Å². The van der Waals surface area contributed by atoms with Gasteiger partial charge in [0.25, 0.3) is 5.91 Å². The zero-order valence-electron chi connectivity index (χ0n) is 18.7. The van der Waals surface area contributed by atoms with Gasteiger partial charge in [-0.1, -0.05) is 18.2 Å². The molecule has 0 unspecified atom stereocenters. The zero-order chi connectivity index (χ0) is 23.8. The summed E-state index contributed by atoms with van der Waals surface area (Å²) in [6.07, 6.45) is 1.54. The summed E-state index contributed by atoms with van der Waals surface area (Å²) in [5.41, 5.74) is 3.44. The summed E-state index contributed by atoms with van der Waals surface area (Å²) < 4.78 is 33.5. The Balaban J connectivity index is 1.77. The van der Waals surface area contributed by atoms with Crippen LogP contribution in [0.3, 0.4) is 0 Å². The lowest BCUT2D eigenvalue weighted by Crippen LogP contribution is -2.23. The first-order chi connectivity index (χ1) is 15.7. The van der Waals surface area contributed by atoms with Gasteiger partial charge in [0.05, 0.1) is 16.8 Å². The number of carbonyl (C=O) groups excluding carboxylic acids is 1. The third-order valence-corrected chi connectivity index (χ3v) is 7.18. The molecule has 0 fully saturated rings. The number of furan rings is 1. The molecule has 4 aromatic rings. The molecule has 2 heterocycles. The highest BCUT2D eigenvalue weighted by atomic mass is 32.2. The number of aromatic nitrogens is 2. The van der Waals surface area contributed by atoms with E-state index < -0.39 is 15.9 Å². The number of para-hydroxylation sites is 1. The van der Waals surface area contributed by atoms with Crippen molar-refractivity contribution < 1.29 is 17.6 Å². The van der Waals surface area contributed by atoms with Gasteiger partial charge in [-0.25, -0.2) is 17.4 Å². The average Bonchev–Trinajstić information content (AvgIpc) is 3.47. The summed E-state index contributed by atoms with van der Waals surface area (Å²) in [6, 6.07) is 17.5. The van der Waals surface area contributed by atoms with Crippen molar-refractivity contribution in [1.82, 2.24) is 14.1 Å². The van der Waals surface area contributed by atoms with Crippen molar-refractivity contribution >= 4 is 21.6 Å². The Morgan fingerprint density at radius 3 is 2.39 bits per heavy atom. The van der Waals surface area contributed by atoms with Gasteiger partial charge in [-0.15, -0.1) is 0 Å². The van der Waals surface area contributed by atoms with Crippen molar-refractivity contribution in [3.8, 4) is 17.1 Å². The van der Waals surface area contributed by atoms with Crippen molar-refractivity contribution in [2.24, 2.45) is 0 Å². The van der Waals surface area contributed by atoms with Gasteiger partial charge in [0, 0.05) is 25.8 Å². The van der Waals surface area contributed by atoms with E-state index in [-0.39, 0.29) is 10.6 Å². The van der Waals surface area contributed by atoms with E-state index in [1.165, 1.54) is 24.8 Å². The number of nitrogens with zero attached hydrogens (tertiary/aromatic N) is 3. The van der Waals surface area contributed by atoms with Gasteiger partial charge in [0.1, 0.15) is 11.4 Å². The van der Waals surface area contributed by atoms with Gasteiger partial charge < -0.3 is 9.73 Å². The van der Waals surface area contributed by atoms with Gasteiger partial charge in [-0.2, -0.15) is 5.10 Å². The topological polar surface area (TPSA) is 97.4 Å². The van der Waals surface area contributed by atoms with Crippen molar-refractivity contribution in [3.05, 3.63) is 83.7 Å². The summed E-state index contributed by atoms with van der Waals surface area (Å²) >= 11 is 0. The van der Waals surface area contributed by atoms with Crippen LogP contribution in [0.15, 0.2) is 76.2 Å². The molecule has 2 aromatic carbocycles. The van der Waals surface area contributed by atoms with Crippen LogP contribution >= 0.6 is 0 Å². The molecule has 2 aromatic heterocycles. The minimum atomic E-state index is -3.66. The quantitative estimate of drug-likeness (QED) is 0.460. The van der Waals surface area contributed by atoms with E-state index in [1.54, 1.807) is 30.5 Å². The summed E-state index contributed by atoms with van der Waals surface area (Å²) in [4.78, 5) is 13.5. The van der Waals surface area contributed by atoms with E-state index in [0.29, 0.717) is 22.8 Å². The minimum absolute atomic E-state index is 0.110. The molecule has 1 N–H and O–H groups in total. The molecular weight excluding hydrogens is 440 g/mol. The molecule has 0 aliphatic carbocycles. The highest BCUT2D eigenvalue weighted by Crippen LogP contribution is 2.27. The van der Waals surface area contributed by atoms with E-state index in [0.717, 1.165) is 15.4 Å². The minimum Gasteiger partial charge on any atom is -0.463 e. The van der Waals surface area contributed by atoms with Crippen LogP contribution in [0.2, 0.25) is 0 Å². The molecule has 1 amide bonds. The normalized spacial score (nSPS) is 11.7. The molecule has 0 atom stereocenters. The van der Waals surface area contributed by atoms with Crippen molar-refractivity contribution in [1.29, 1.82) is 0 Å². The third-order valence-electron chi connectivity index (χ3n) is 5.38. The number of nitrogens with one attached hydrogen (secondary N) is 1. The number of benzene rings is 2. The average molecular weight is 465 g/mol. The molecule has 170 valence electrons. The standard InChI is InChI=1S/C24H24N4O4S/c1-16-13-19(33(30,31)27(3)4)14-20(17(16)2)25-24(29)22-15-21(23-11-8-12-32-23)26-28(22)18-9-6-5-7-10-18/h5-15H,1-4H3,(H,25,29). The number of hydrogen-bond acceptors (Lipinski definition) is 5. The van der Waals surface area contributed by atoms with E-state index in [2.05, 4.69) is 10.4 Å².